The molecule has 2 aromatic rings. The summed E-state index contributed by atoms with van der Waals surface area (Å²) in [4.78, 5) is 12.5. The zero-order chi connectivity index (χ0) is 17.2. The van der Waals surface area contributed by atoms with E-state index < -0.39 is 11.6 Å². The van der Waals surface area contributed by atoms with Gasteiger partial charge in [-0.25, -0.2) is 0 Å². The van der Waals surface area contributed by atoms with Crippen LogP contribution >= 0.6 is 15.9 Å². The van der Waals surface area contributed by atoms with Gasteiger partial charge in [0.1, 0.15) is 5.75 Å². The number of hydrogen-bond donors (Lipinski definition) is 1. The topological polar surface area (TPSA) is 62.1 Å². The highest BCUT2D eigenvalue weighted by molar-refractivity contribution is 9.10. The lowest BCUT2D eigenvalue weighted by Gasteiger charge is -2.31. The van der Waals surface area contributed by atoms with Gasteiger partial charge in [0.05, 0.1) is 0 Å². The highest BCUT2D eigenvalue weighted by Gasteiger charge is 2.44. The number of hydrogen-bond acceptors (Lipinski definition) is 4. The number of hydrazone groups is 1. The molecular formula is C18H17BrN2O3. The molecule has 5 nitrogen and oxygen atoms in total. The van der Waals surface area contributed by atoms with Gasteiger partial charge in [-0.2, -0.15) is 10.1 Å². The van der Waals surface area contributed by atoms with Gasteiger partial charge in [-0.15, -0.1) is 0 Å². The Morgan fingerprint density at radius 2 is 1.92 bits per heavy atom. The molecule has 0 saturated heterocycles. The summed E-state index contributed by atoms with van der Waals surface area (Å²) in [5.41, 5.74) is -0.185. The van der Waals surface area contributed by atoms with E-state index in [4.69, 9.17) is 4.74 Å². The van der Waals surface area contributed by atoms with Crippen LogP contribution in [-0.2, 0) is 10.5 Å². The van der Waals surface area contributed by atoms with Crippen molar-refractivity contribution in [2.75, 3.05) is 6.61 Å². The van der Waals surface area contributed by atoms with Crippen molar-refractivity contribution < 1.29 is 14.6 Å². The van der Waals surface area contributed by atoms with E-state index in [1.165, 1.54) is 0 Å². The monoisotopic (exact) mass is 388 g/mol. The van der Waals surface area contributed by atoms with Crippen molar-refractivity contribution in [3.05, 3.63) is 64.6 Å². The van der Waals surface area contributed by atoms with Crippen LogP contribution in [0.4, 0.5) is 0 Å². The predicted molar refractivity (Wildman–Crippen MR) is 94.5 cm³/mol. The Morgan fingerprint density at radius 3 is 2.58 bits per heavy atom. The molecule has 1 amide bonds. The summed E-state index contributed by atoms with van der Waals surface area (Å²) in [5.74, 6) is 0.194. The van der Waals surface area contributed by atoms with E-state index in [0.29, 0.717) is 17.0 Å². The van der Waals surface area contributed by atoms with Crippen molar-refractivity contribution in [1.82, 2.24) is 5.01 Å². The average molecular weight is 389 g/mol. The number of carbonyl (C=O) groups is 1. The van der Waals surface area contributed by atoms with Gasteiger partial charge in [0.2, 0.25) is 0 Å². The number of para-hydroxylation sites is 1. The van der Waals surface area contributed by atoms with Crippen LogP contribution in [0.15, 0.2) is 64.2 Å². The molecule has 1 heterocycles. The molecule has 0 aromatic heterocycles. The normalized spacial score (nSPS) is 20.0. The zero-order valence-corrected chi connectivity index (χ0v) is 14.7. The van der Waals surface area contributed by atoms with E-state index in [1.54, 1.807) is 31.2 Å². The molecular weight excluding hydrogens is 372 g/mol. The largest absolute Gasteiger partial charge is 0.484 e. The molecule has 0 unspecified atom stereocenters. The number of aliphatic hydroxyl groups is 1. The highest BCUT2D eigenvalue weighted by atomic mass is 79.9. The summed E-state index contributed by atoms with van der Waals surface area (Å²) < 4.78 is 6.38. The molecule has 124 valence electrons. The molecule has 0 aliphatic carbocycles. The molecule has 0 bridgehead atoms. The standard InChI is InChI=1S/C18H17BrN2O3/c1-13-11-18(23,14-7-9-15(19)10-8-14)21(20-13)17(22)12-24-16-5-3-2-4-6-16/h2-10,23H,11-12H2,1H3/t18-/m1/s1. The molecule has 0 radical (unpaired) electrons. The predicted octanol–water partition coefficient (Wildman–Crippen LogP) is 3.28. The van der Waals surface area contributed by atoms with Gasteiger partial charge in [0, 0.05) is 22.2 Å². The molecule has 1 atom stereocenters. The first-order valence-electron chi connectivity index (χ1n) is 7.52. The van der Waals surface area contributed by atoms with E-state index in [-0.39, 0.29) is 13.0 Å². The Balaban J connectivity index is 1.78. The average Bonchev–Trinajstić information content (AvgIpc) is 2.90. The second kappa shape index (κ2) is 6.75. The van der Waals surface area contributed by atoms with Gasteiger partial charge < -0.3 is 9.84 Å². The SMILES string of the molecule is CC1=NN(C(=O)COc2ccccc2)[C@](O)(c2ccc(Br)cc2)C1. The minimum absolute atomic E-state index is 0.195. The molecule has 3 rings (SSSR count). The third kappa shape index (κ3) is 3.34. The molecule has 24 heavy (non-hydrogen) atoms. The fourth-order valence-corrected chi connectivity index (χ4v) is 2.91. The van der Waals surface area contributed by atoms with Gasteiger partial charge in [0.25, 0.3) is 5.91 Å². The van der Waals surface area contributed by atoms with Crippen molar-refractivity contribution in [2.45, 2.75) is 19.1 Å². The van der Waals surface area contributed by atoms with Gasteiger partial charge in [-0.3, -0.25) is 4.79 Å². The summed E-state index contributed by atoms with van der Waals surface area (Å²) in [5, 5.41) is 16.4. The quantitative estimate of drug-likeness (QED) is 0.873. The molecule has 6 heteroatoms. The first kappa shape index (κ1) is 16.7. The number of halogens is 1. The highest BCUT2D eigenvalue weighted by Crippen LogP contribution is 2.35. The van der Waals surface area contributed by atoms with Gasteiger partial charge in [0.15, 0.2) is 12.3 Å². The maximum atomic E-state index is 12.5. The minimum atomic E-state index is -1.48. The second-order valence-corrected chi connectivity index (χ2v) is 6.56. The van der Waals surface area contributed by atoms with Crippen LogP contribution < -0.4 is 4.74 Å². The first-order valence-corrected chi connectivity index (χ1v) is 8.32. The maximum absolute atomic E-state index is 12.5. The fourth-order valence-electron chi connectivity index (χ4n) is 2.65. The molecule has 0 saturated carbocycles. The lowest BCUT2D eigenvalue weighted by atomic mass is 9.98. The van der Waals surface area contributed by atoms with Crippen LogP contribution in [0.5, 0.6) is 5.75 Å². The Kier molecular flexibility index (Phi) is 4.69. The molecule has 1 aliphatic rings. The lowest BCUT2D eigenvalue weighted by molar-refractivity contribution is -0.159. The van der Waals surface area contributed by atoms with Gasteiger partial charge in [-0.1, -0.05) is 46.3 Å². The van der Waals surface area contributed by atoms with E-state index >= 15 is 0 Å². The summed E-state index contributed by atoms with van der Waals surface area (Å²) in [7, 11) is 0. The number of carbonyl (C=O) groups excluding carboxylic acids is 1. The lowest BCUT2D eigenvalue weighted by Crippen LogP contribution is -2.45. The number of amides is 1. The Labute approximate surface area is 148 Å². The van der Waals surface area contributed by atoms with Crippen molar-refractivity contribution in [2.24, 2.45) is 5.10 Å². The second-order valence-electron chi connectivity index (χ2n) is 5.64. The molecule has 0 fully saturated rings. The van der Waals surface area contributed by atoms with Crippen LogP contribution in [-0.4, -0.2) is 28.3 Å². The summed E-state index contributed by atoms with van der Waals surface area (Å²) >= 11 is 3.37. The van der Waals surface area contributed by atoms with Gasteiger partial charge >= 0.3 is 0 Å². The van der Waals surface area contributed by atoms with Crippen molar-refractivity contribution >= 4 is 27.5 Å². The maximum Gasteiger partial charge on any atom is 0.283 e. The number of rotatable bonds is 4. The van der Waals surface area contributed by atoms with Crippen molar-refractivity contribution in [3.8, 4) is 5.75 Å². The van der Waals surface area contributed by atoms with Gasteiger partial charge in [-0.05, 0) is 31.2 Å². The molecule has 2 aromatic carbocycles. The van der Waals surface area contributed by atoms with E-state index in [0.717, 1.165) is 9.48 Å². The summed E-state index contributed by atoms with van der Waals surface area (Å²) in [6.07, 6.45) is 0.270. The van der Waals surface area contributed by atoms with E-state index in [1.807, 2.05) is 30.3 Å². The fraction of sp³-hybridized carbons (Fsp3) is 0.222. The number of benzene rings is 2. The van der Waals surface area contributed by atoms with Crippen LogP contribution in [0.25, 0.3) is 0 Å². The van der Waals surface area contributed by atoms with E-state index in [9.17, 15) is 9.90 Å². The van der Waals surface area contributed by atoms with Crippen molar-refractivity contribution in [3.63, 3.8) is 0 Å². The van der Waals surface area contributed by atoms with Crippen LogP contribution in [0.3, 0.4) is 0 Å². The first-order chi connectivity index (χ1) is 11.5. The minimum Gasteiger partial charge on any atom is -0.484 e. The van der Waals surface area contributed by atoms with Crippen LogP contribution in [0.1, 0.15) is 18.9 Å². The Bertz CT molecular complexity index is 762. The number of nitrogens with zero attached hydrogens (tertiary/aromatic N) is 2. The number of ether oxygens (including phenoxy) is 1. The Morgan fingerprint density at radius 1 is 1.25 bits per heavy atom. The summed E-state index contributed by atoms with van der Waals surface area (Å²) in [6, 6.07) is 16.3. The van der Waals surface area contributed by atoms with E-state index in [2.05, 4.69) is 21.0 Å². The van der Waals surface area contributed by atoms with Crippen LogP contribution in [0.2, 0.25) is 0 Å². The van der Waals surface area contributed by atoms with Crippen LogP contribution in [0, 0.1) is 0 Å². The summed E-state index contributed by atoms with van der Waals surface area (Å²) in [6.45, 7) is 1.59. The third-order valence-electron chi connectivity index (χ3n) is 3.77. The molecule has 1 aliphatic heterocycles. The zero-order valence-electron chi connectivity index (χ0n) is 13.1. The van der Waals surface area contributed by atoms with Crippen molar-refractivity contribution in [1.29, 1.82) is 0 Å². The Hall–Kier alpha value is -2.18. The molecule has 0 spiro atoms. The smallest absolute Gasteiger partial charge is 0.283 e. The molecule has 1 N–H and O–H groups in total. The third-order valence-corrected chi connectivity index (χ3v) is 4.30.